The molecule has 0 rings (SSSR count). The molecule has 0 radical (unpaired) electrons. The Balaban J connectivity index is 4.24. The zero-order valence-electron chi connectivity index (χ0n) is 41.5. The first-order valence-electron chi connectivity index (χ1n) is 26.9. The van der Waals surface area contributed by atoms with Gasteiger partial charge in [-0.2, -0.15) is 0 Å². The fourth-order valence-corrected chi connectivity index (χ4v) is 8.02. The molecule has 0 aromatic rings. The summed E-state index contributed by atoms with van der Waals surface area (Å²) in [5.41, 5.74) is 0. The van der Waals surface area contributed by atoms with Gasteiger partial charge in [-0.25, -0.2) is 4.79 Å². The Hall–Kier alpha value is -2.94. The largest absolute Gasteiger partial charge is 0.480 e. The highest BCUT2D eigenvalue weighted by molar-refractivity contribution is 5.87. The lowest BCUT2D eigenvalue weighted by Crippen LogP contribution is -2.47. The Labute approximate surface area is 393 Å². The first-order valence-corrected chi connectivity index (χ1v) is 26.9. The van der Waals surface area contributed by atoms with Crippen molar-refractivity contribution in [3.63, 3.8) is 0 Å². The Morgan fingerprint density at radius 1 is 0.469 bits per heavy atom. The molecule has 9 nitrogen and oxygen atoms in total. The summed E-state index contributed by atoms with van der Waals surface area (Å²) in [4.78, 5) is 47.8. The second kappa shape index (κ2) is 49.5. The lowest BCUT2D eigenvalue weighted by molar-refractivity contribution is -0.150. The summed E-state index contributed by atoms with van der Waals surface area (Å²) in [6.07, 6.45) is 59.0. The average molecular weight is 901 g/mol. The van der Waals surface area contributed by atoms with E-state index < -0.39 is 24.5 Å². The molecule has 0 aliphatic carbocycles. The van der Waals surface area contributed by atoms with Crippen LogP contribution in [0.5, 0.6) is 0 Å². The van der Waals surface area contributed by atoms with E-state index in [1.165, 1.54) is 161 Å². The van der Waals surface area contributed by atoms with Crippen LogP contribution < -0.4 is 10.6 Å². The summed E-state index contributed by atoms with van der Waals surface area (Å²) >= 11 is 0. The van der Waals surface area contributed by atoms with Crippen molar-refractivity contribution in [3.05, 3.63) is 36.5 Å². The second-order valence-corrected chi connectivity index (χ2v) is 18.3. The molecule has 0 aromatic heterocycles. The smallest absolute Gasteiger partial charge is 0.328 e. The van der Waals surface area contributed by atoms with Crippen molar-refractivity contribution in [2.75, 3.05) is 13.2 Å². The minimum Gasteiger partial charge on any atom is -0.480 e. The molecule has 0 heterocycles. The maximum Gasteiger partial charge on any atom is 0.328 e. The lowest BCUT2D eigenvalue weighted by atomic mass is 10.0. The molecule has 0 aliphatic heterocycles. The quantitative estimate of drug-likeness (QED) is 0.0271. The average Bonchev–Trinajstić information content (AvgIpc) is 3.28. The van der Waals surface area contributed by atoms with Gasteiger partial charge in [0.2, 0.25) is 11.8 Å². The minimum atomic E-state index is -1.38. The fraction of sp³-hybridized carbons (Fsp3) is 0.818. The van der Waals surface area contributed by atoms with Crippen molar-refractivity contribution in [2.24, 2.45) is 0 Å². The van der Waals surface area contributed by atoms with Crippen molar-refractivity contribution in [1.82, 2.24) is 10.6 Å². The van der Waals surface area contributed by atoms with Gasteiger partial charge in [0.25, 0.3) is 0 Å². The number of nitrogens with one attached hydrogen (secondary N) is 2. The summed E-state index contributed by atoms with van der Waals surface area (Å²) in [6.45, 7) is 3.50. The van der Waals surface area contributed by atoms with Gasteiger partial charge in [0.05, 0.1) is 13.2 Å². The number of aliphatic hydroxyl groups excluding tert-OH is 1. The fourth-order valence-electron chi connectivity index (χ4n) is 8.02. The molecule has 0 saturated carbocycles. The summed E-state index contributed by atoms with van der Waals surface area (Å²) in [6, 6.07) is -1.38. The van der Waals surface area contributed by atoms with Crippen LogP contribution in [0.4, 0.5) is 0 Å². The number of hydrogen-bond acceptors (Lipinski definition) is 6. The van der Waals surface area contributed by atoms with E-state index in [9.17, 15) is 19.2 Å². The summed E-state index contributed by atoms with van der Waals surface area (Å²) in [5, 5.41) is 22.6. The number of carboxylic acid groups (broad SMARTS) is 1. The summed E-state index contributed by atoms with van der Waals surface area (Å²) < 4.78 is 6.07. The molecule has 0 bridgehead atoms. The lowest BCUT2D eigenvalue weighted by Gasteiger charge is -2.18. The molecule has 0 aromatic carbocycles. The molecule has 372 valence electrons. The first-order chi connectivity index (χ1) is 31.3. The molecule has 9 heteroatoms. The zero-order chi connectivity index (χ0) is 46.8. The second-order valence-electron chi connectivity index (χ2n) is 18.3. The van der Waals surface area contributed by atoms with Gasteiger partial charge in [-0.1, -0.05) is 211 Å². The van der Waals surface area contributed by atoms with Gasteiger partial charge in [-0.3, -0.25) is 14.4 Å². The van der Waals surface area contributed by atoms with E-state index in [2.05, 4.69) is 60.9 Å². The van der Waals surface area contributed by atoms with Crippen molar-refractivity contribution in [3.8, 4) is 0 Å². The number of carbonyl (C=O) groups is 4. The molecule has 4 N–H and O–H groups in total. The molecule has 2 unspecified atom stereocenters. The van der Waals surface area contributed by atoms with Gasteiger partial charge < -0.3 is 25.6 Å². The molecule has 2 amide bonds. The predicted octanol–water partition coefficient (Wildman–Crippen LogP) is 14.5. The zero-order valence-corrected chi connectivity index (χ0v) is 41.5. The van der Waals surface area contributed by atoms with Crippen LogP contribution in [0.25, 0.3) is 0 Å². The van der Waals surface area contributed by atoms with Crippen LogP contribution >= 0.6 is 0 Å². The number of unbranched alkanes of at least 4 members (excludes halogenated alkanes) is 29. The number of hydrogen-bond donors (Lipinski definition) is 4. The molecule has 0 fully saturated rings. The third-order valence-electron chi connectivity index (χ3n) is 12.1. The van der Waals surface area contributed by atoms with Crippen molar-refractivity contribution < 1.29 is 34.1 Å². The molecule has 0 saturated heterocycles. The summed E-state index contributed by atoms with van der Waals surface area (Å²) in [5.74, 6) is -2.28. The van der Waals surface area contributed by atoms with Crippen LogP contribution in [0.3, 0.4) is 0 Å². The van der Waals surface area contributed by atoms with Crippen LogP contribution in [0.15, 0.2) is 36.5 Å². The highest BCUT2D eigenvalue weighted by Crippen LogP contribution is 2.19. The van der Waals surface area contributed by atoms with E-state index in [1.807, 2.05) is 0 Å². The van der Waals surface area contributed by atoms with Crippen molar-refractivity contribution in [2.45, 2.75) is 276 Å². The van der Waals surface area contributed by atoms with E-state index in [4.69, 9.17) is 14.9 Å². The standard InChI is InChI=1S/C55H100N2O7/c1-3-5-7-9-11-13-15-17-18-19-20-21-22-23-24-25-26-28-30-32-34-39-43-47-54(61)64-50(44-40-36-33-31-29-27-16-14-12-10-8-6-4-2)45-41-37-35-38-42-46-52(59)56-48-53(60)57-51(49-58)55(62)63/h15,17,19-20,22-23,50-51,58H,3-14,16,18,21,24-49H2,1-2H3,(H,56,59)(H,57,60)(H,62,63)/b17-15-,20-19-,23-22-. The number of amides is 2. The number of ether oxygens (including phenoxy) is 1. The van der Waals surface area contributed by atoms with Crippen LogP contribution in [-0.4, -0.2) is 59.3 Å². The normalized spacial score (nSPS) is 12.7. The van der Waals surface area contributed by atoms with Crippen LogP contribution in [0.2, 0.25) is 0 Å². The SMILES string of the molecule is CCCCCCC/C=C\C/C=C\C/C=C\CCCCCCCCCCC(=O)OC(CCCCCCCCCCCCCCC)CCCCCCCC(=O)NCC(=O)NC(CO)C(=O)O. The van der Waals surface area contributed by atoms with Crippen molar-refractivity contribution in [1.29, 1.82) is 0 Å². The van der Waals surface area contributed by atoms with Crippen LogP contribution in [0, 0.1) is 0 Å². The van der Waals surface area contributed by atoms with Crippen LogP contribution in [-0.2, 0) is 23.9 Å². The Morgan fingerprint density at radius 3 is 1.27 bits per heavy atom. The number of esters is 1. The van der Waals surface area contributed by atoms with Crippen LogP contribution in [0.1, 0.15) is 264 Å². The highest BCUT2D eigenvalue weighted by Gasteiger charge is 2.19. The number of allylic oxidation sites excluding steroid dienone is 6. The van der Waals surface area contributed by atoms with Gasteiger partial charge in [0.15, 0.2) is 0 Å². The molecular formula is C55H100N2O7. The maximum atomic E-state index is 12.9. The summed E-state index contributed by atoms with van der Waals surface area (Å²) in [7, 11) is 0. The third-order valence-corrected chi connectivity index (χ3v) is 12.1. The van der Waals surface area contributed by atoms with E-state index >= 15 is 0 Å². The number of carboxylic acids is 1. The van der Waals surface area contributed by atoms with Gasteiger partial charge in [0, 0.05) is 12.8 Å². The number of rotatable bonds is 49. The number of aliphatic hydroxyl groups is 1. The Morgan fingerprint density at radius 2 is 0.844 bits per heavy atom. The first kappa shape index (κ1) is 61.1. The predicted molar refractivity (Wildman–Crippen MR) is 268 cm³/mol. The number of carbonyl (C=O) groups excluding carboxylic acids is 3. The third kappa shape index (κ3) is 45.6. The topological polar surface area (TPSA) is 142 Å². The molecule has 2 atom stereocenters. The number of aliphatic carboxylic acids is 1. The van der Waals surface area contributed by atoms with E-state index in [0.29, 0.717) is 19.3 Å². The van der Waals surface area contributed by atoms with Crippen molar-refractivity contribution >= 4 is 23.8 Å². The van der Waals surface area contributed by atoms with E-state index in [0.717, 1.165) is 70.6 Å². The van der Waals surface area contributed by atoms with Gasteiger partial charge in [-0.05, 0) is 77.0 Å². The molecule has 0 spiro atoms. The molecular weight excluding hydrogens is 801 g/mol. The minimum absolute atomic E-state index is 0.0167. The van der Waals surface area contributed by atoms with Gasteiger partial charge >= 0.3 is 11.9 Å². The van der Waals surface area contributed by atoms with E-state index in [1.54, 1.807) is 0 Å². The highest BCUT2D eigenvalue weighted by atomic mass is 16.5. The van der Waals surface area contributed by atoms with Gasteiger partial charge in [0.1, 0.15) is 12.1 Å². The van der Waals surface area contributed by atoms with Gasteiger partial charge in [-0.15, -0.1) is 0 Å². The molecule has 64 heavy (non-hydrogen) atoms. The molecule has 0 aliphatic rings. The van der Waals surface area contributed by atoms with E-state index in [-0.39, 0.29) is 24.5 Å². The monoisotopic (exact) mass is 901 g/mol. The Kier molecular flexibility index (Phi) is 47.2. The maximum absolute atomic E-state index is 12.9. The Bertz CT molecular complexity index is 1170.